The van der Waals surface area contributed by atoms with Crippen molar-refractivity contribution in [3.8, 4) is 4.90 Å². The van der Waals surface area contributed by atoms with Gasteiger partial charge in [0, 0.05) is 39.3 Å². The monoisotopic (exact) mass is 1230 g/mol. The molecule has 0 saturated heterocycles. The fourth-order valence-corrected chi connectivity index (χ4v) is 16.1. The summed E-state index contributed by atoms with van der Waals surface area (Å²) < 4.78 is 171. The van der Waals surface area contributed by atoms with E-state index in [4.69, 9.17) is 4.74 Å². The van der Waals surface area contributed by atoms with E-state index in [0.29, 0.717) is 32.3 Å². The number of hydrogen-bond donors (Lipinski definition) is 0. The normalized spacial score (nSPS) is 20.0. The van der Waals surface area contributed by atoms with Crippen LogP contribution in [-0.2, 0) is 59.7 Å². The van der Waals surface area contributed by atoms with Gasteiger partial charge in [0.25, 0.3) is 6.10 Å². The fraction of sp³-hybridized carbons (Fsp3) is 0.283. The molecule has 0 amide bonds. The van der Waals surface area contributed by atoms with E-state index in [1.165, 1.54) is 46.7 Å². The van der Waals surface area contributed by atoms with E-state index < -0.39 is 78.1 Å². The van der Waals surface area contributed by atoms with E-state index in [2.05, 4.69) is 192 Å². The third-order valence-electron chi connectivity index (χ3n) is 13.9. The van der Waals surface area contributed by atoms with Crippen LogP contribution in [0.4, 0.5) is 30.7 Å². The first-order chi connectivity index (χ1) is 38.9. The molecule has 0 spiro atoms. The number of alkyl halides is 7. The van der Waals surface area contributed by atoms with Crippen molar-refractivity contribution in [2.45, 2.75) is 102 Å². The predicted molar refractivity (Wildman–Crippen MR) is 298 cm³/mol. The third kappa shape index (κ3) is 14.5. The lowest BCUT2D eigenvalue weighted by molar-refractivity contribution is -0.269. The third-order valence-corrected chi connectivity index (χ3v) is 20.4. The van der Waals surface area contributed by atoms with Gasteiger partial charge in [-0.2, -0.15) is 30.7 Å². The van der Waals surface area contributed by atoms with Crippen molar-refractivity contribution in [1.29, 1.82) is 0 Å². The van der Waals surface area contributed by atoms with Crippen molar-refractivity contribution >= 4 is 79.7 Å². The van der Waals surface area contributed by atoms with Gasteiger partial charge in [-0.15, -0.1) is 0 Å². The van der Waals surface area contributed by atoms with Gasteiger partial charge in [-0.05, 0) is 131 Å². The van der Waals surface area contributed by atoms with Crippen LogP contribution in [-0.4, -0.2) is 78.3 Å². The molecule has 4 aliphatic rings. The van der Waals surface area contributed by atoms with E-state index in [-0.39, 0.29) is 58.0 Å². The minimum absolute atomic E-state index is 0.0146. The highest BCUT2D eigenvalue weighted by Crippen LogP contribution is 2.64. The smallest absolute Gasteiger partial charge is 0.432 e. The van der Waals surface area contributed by atoms with Gasteiger partial charge in [0.15, 0.2) is 55.3 Å². The van der Waals surface area contributed by atoms with Crippen molar-refractivity contribution in [2.75, 3.05) is 0 Å². The zero-order chi connectivity index (χ0) is 60.8. The average molecular weight is 1230 g/mol. The lowest BCUT2D eigenvalue weighted by Gasteiger charge is -2.59. The van der Waals surface area contributed by atoms with Gasteiger partial charge in [0.05, 0.1) is 16.3 Å². The van der Waals surface area contributed by atoms with Crippen molar-refractivity contribution in [3.63, 3.8) is 0 Å². The van der Waals surface area contributed by atoms with Crippen molar-refractivity contribution < 1.29 is 85.3 Å². The second kappa shape index (κ2) is 25.5. The van der Waals surface area contributed by atoms with Crippen LogP contribution in [0.5, 0.6) is 0 Å². The Bertz CT molecular complexity index is 3520. The highest BCUT2D eigenvalue weighted by molar-refractivity contribution is 7.97. The van der Waals surface area contributed by atoms with Crippen LogP contribution in [0.3, 0.4) is 0 Å². The molecule has 4 unspecified atom stereocenters. The largest absolute Gasteiger partial charge is 0.743 e. The molecular weight excluding hydrogens is 1170 g/mol. The van der Waals surface area contributed by atoms with Crippen molar-refractivity contribution in [3.05, 3.63) is 195 Å². The number of carbonyl (C=O) groups is 3. The number of carbonyl (C=O) groups excluding carboxylic acids is 3. The molecule has 4 fully saturated rings. The number of halogens is 7. The summed E-state index contributed by atoms with van der Waals surface area (Å²) in [6.07, 6.45) is -11.1. The Morgan fingerprint density at radius 2 is 1.02 bits per heavy atom. The first kappa shape index (κ1) is 63.7. The minimum Gasteiger partial charge on any atom is -0.743 e. The quantitative estimate of drug-likeness (QED) is 0.0250. The Balaban J connectivity index is 0.000000166. The molecule has 1 aromatic heterocycles. The predicted octanol–water partition coefficient (Wildman–Crippen LogP) is 13.8. The number of rotatable bonds is 14. The molecule has 0 N–H and O–H groups in total. The molecule has 4 bridgehead atoms. The van der Waals surface area contributed by atoms with Crippen LogP contribution in [0.1, 0.15) is 52.4 Å². The maximum Gasteiger partial charge on any atom is 0.432 e. The number of hydrogen-bond acceptors (Lipinski definition) is 12. The maximum atomic E-state index is 13.8. The summed E-state index contributed by atoms with van der Waals surface area (Å²) in [7, 11) is -12.6. The van der Waals surface area contributed by atoms with Crippen LogP contribution >= 0.6 is 10.5 Å². The molecule has 0 radical (unpaired) electrons. The molecule has 4 atom stereocenters. The van der Waals surface area contributed by atoms with Crippen LogP contribution in [0.25, 0.3) is 25.1 Å². The molecule has 11 rings (SSSR count). The second-order valence-corrected chi connectivity index (χ2v) is 27.0. The maximum absolute atomic E-state index is 13.8. The van der Waals surface area contributed by atoms with E-state index in [9.17, 15) is 71.1 Å². The lowest BCUT2D eigenvalue weighted by Crippen LogP contribution is -2.61. The van der Waals surface area contributed by atoms with E-state index in [1.807, 2.05) is 0 Å². The molecule has 6 aromatic carbocycles. The zero-order valence-corrected chi connectivity index (χ0v) is 47.7. The van der Waals surface area contributed by atoms with Gasteiger partial charge in [0.2, 0.25) is 0 Å². The Hall–Kier alpha value is -6.89. The summed E-state index contributed by atoms with van der Waals surface area (Å²) in [5.74, 6) is -4.11. The number of ether oxygens (including phenoxy) is 3. The van der Waals surface area contributed by atoms with Crippen molar-refractivity contribution in [2.24, 2.45) is 17.3 Å². The van der Waals surface area contributed by atoms with E-state index in [1.54, 1.807) is 0 Å². The molecule has 83 heavy (non-hydrogen) atoms. The highest BCUT2D eigenvalue weighted by atomic mass is 32.2. The molecule has 1 heterocycles. The molecular formula is C60H55F7O12S4. The van der Waals surface area contributed by atoms with Crippen LogP contribution in [0, 0.1) is 17.3 Å². The second-order valence-electron chi connectivity index (χ2n) is 20.1. The van der Waals surface area contributed by atoms with Gasteiger partial charge in [-0.1, -0.05) is 110 Å². The Kier molecular flexibility index (Phi) is 19.6. The molecule has 4 saturated carbocycles. The highest BCUT2D eigenvalue weighted by Gasteiger charge is 2.67. The number of fused-ring (bicyclic) bond motifs is 3. The molecule has 440 valence electrons. The summed E-state index contributed by atoms with van der Waals surface area (Å²) in [6.45, 7) is 8.36. The first-order valence-corrected chi connectivity index (χ1v) is 30.7. The number of benzene rings is 6. The Labute approximate surface area is 480 Å². The van der Waals surface area contributed by atoms with Crippen molar-refractivity contribution in [1.82, 2.24) is 0 Å². The minimum atomic E-state index is -6.78. The van der Waals surface area contributed by atoms with Gasteiger partial charge in [-0.3, -0.25) is 4.79 Å². The van der Waals surface area contributed by atoms with Gasteiger partial charge in [0.1, 0.15) is 5.60 Å². The number of thiophene rings is 1. The van der Waals surface area contributed by atoms with Crippen LogP contribution < -0.4 is 0 Å². The van der Waals surface area contributed by atoms with Crippen LogP contribution in [0.15, 0.2) is 209 Å². The summed E-state index contributed by atoms with van der Waals surface area (Å²) in [5.41, 5.74) is -2.77. The first-order valence-electron chi connectivity index (χ1n) is 25.5. The summed E-state index contributed by atoms with van der Waals surface area (Å²) in [6, 6.07) is 60.6. The standard InChI is InChI=1S/C18H21F5O7S.C18H13S.C18H15S.C6H8F2O5S/c1-9(2)12(24)30-16-6-10-3-11(7-16)5-15(4-10,8-16)14(25)29-13(17(19,20)21)18(22,23)31(26,27)28;1-2-8-14(9-3-1)19-17-12-6-4-10-15(17)16-11-5-7-13-18(16)19;1-4-10-16(11-5-1)19(17-12-6-2-7-13-17)18-14-8-3-9-15-18;1-3-5(9)13-4(2)6(7,8)14(10,11)12/h10-11,13H,1,3-8H2,2H3,(H,26,27,28);1-13H;1-15H;3-4H,1H2,2H3,(H,10,11,12)/q;2*+1;/p-2. The molecule has 12 nitrogen and oxygen atoms in total. The molecule has 23 heteroatoms. The number of esters is 3. The fourth-order valence-electron chi connectivity index (χ4n) is 10.7. The van der Waals surface area contributed by atoms with Gasteiger partial charge in [-0.25, -0.2) is 26.4 Å². The molecule has 4 aliphatic carbocycles. The Morgan fingerprint density at radius 3 is 1.41 bits per heavy atom. The SMILES string of the molecule is C=C(C)C(=O)OC12CC3CC(C1)CC(C(=O)OC(C(F)(F)F)C(F)(F)S(=O)(=O)[O-])(C3)C2.C=CC(=O)OC(C)C(F)(F)S(=O)(=O)[O-].c1ccc(-[s+]2c3ccccc3c3ccccc32)cc1.c1ccc([S+](c2ccccc2)c2ccccc2)cc1. The Morgan fingerprint density at radius 1 is 0.627 bits per heavy atom. The van der Waals surface area contributed by atoms with E-state index in [0.717, 1.165) is 0 Å². The van der Waals surface area contributed by atoms with Gasteiger partial charge >= 0.3 is 34.6 Å². The zero-order valence-electron chi connectivity index (χ0n) is 44.4. The average Bonchev–Trinajstić information content (AvgIpc) is 1.97. The summed E-state index contributed by atoms with van der Waals surface area (Å²) in [5, 5.41) is -7.77. The van der Waals surface area contributed by atoms with Gasteiger partial charge < -0.3 is 23.3 Å². The molecule has 0 aliphatic heterocycles. The van der Waals surface area contributed by atoms with Crippen LogP contribution in [0.2, 0.25) is 0 Å². The topological polar surface area (TPSA) is 193 Å². The summed E-state index contributed by atoms with van der Waals surface area (Å²) in [4.78, 5) is 40.8. The summed E-state index contributed by atoms with van der Waals surface area (Å²) >= 11 is 0. The lowest BCUT2D eigenvalue weighted by atomic mass is 9.48. The molecule has 7 aromatic rings. The van der Waals surface area contributed by atoms with E-state index >= 15 is 0 Å².